The first-order valence-corrected chi connectivity index (χ1v) is 5.99. The van der Waals surface area contributed by atoms with E-state index in [-0.39, 0.29) is 0 Å². The lowest BCUT2D eigenvalue weighted by Crippen LogP contribution is -1.96. The van der Waals surface area contributed by atoms with Crippen molar-refractivity contribution >= 4 is 5.78 Å². The van der Waals surface area contributed by atoms with E-state index in [1.54, 1.807) is 0 Å². The lowest BCUT2D eigenvalue weighted by molar-refractivity contribution is -0.118. The lowest BCUT2D eigenvalue weighted by atomic mass is 10.0. The average Bonchev–Trinajstić information content (AvgIpc) is 2.33. The Morgan fingerprint density at radius 2 is 1.94 bits per heavy atom. The highest BCUT2D eigenvalue weighted by atomic mass is 16.1. The zero-order chi connectivity index (χ0) is 11.6. The van der Waals surface area contributed by atoms with E-state index in [9.17, 15) is 4.79 Å². The predicted molar refractivity (Wildman–Crippen MR) is 68.4 cm³/mol. The van der Waals surface area contributed by atoms with Gasteiger partial charge >= 0.3 is 0 Å². The summed E-state index contributed by atoms with van der Waals surface area (Å²) in [6.45, 7) is 1.95. The Morgan fingerprint density at radius 1 is 1.19 bits per heavy atom. The highest BCUT2D eigenvalue weighted by molar-refractivity contribution is 5.79. The van der Waals surface area contributed by atoms with E-state index >= 15 is 0 Å². The fraction of sp³-hybridized carbons (Fsp3) is 0.400. The van der Waals surface area contributed by atoms with Crippen LogP contribution in [-0.4, -0.2) is 5.78 Å². The summed E-state index contributed by atoms with van der Waals surface area (Å²) in [5, 5.41) is 0. The van der Waals surface area contributed by atoms with Crippen molar-refractivity contribution in [2.45, 2.75) is 39.0 Å². The fourth-order valence-corrected chi connectivity index (χ4v) is 1.65. The summed E-state index contributed by atoms with van der Waals surface area (Å²) in [5.41, 5.74) is 1.36. The van der Waals surface area contributed by atoms with Crippen LogP contribution in [-0.2, 0) is 11.2 Å². The Bertz CT molecular complexity index is 325. The van der Waals surface area contributed by atoms with Crippen LogP contribution in [0.5, 0.6) is 0 Å². The number of ketones is 1. The van der Waals surface area contributed by atoms with Crippen molar-refractivity contribution in [1.29, 1.82) is 0 Å². The smallest absolute Gasteiger partial charge is 0.136 e. The van der Waals surface area contributed by atoms with Crippen molar-refractivity contribution < 1.29 is 4.79 Å². The molecule has 0 amide bonds. The van der Waals surface area contributed by atoms with Crippen LogP contribution in [0.15, 0.2) is 42.5 Å². The molecule has 1 rings (SSSR count). The molecule has 0 spiro atoms. The van der Waals surface area contributed by atoms with E-state index < -0.39 is 0 Å². The van der Waals surface area contributed by atoms with Gasteiger partial charge in [0.1, 0.15) is 5.78 Å². The molecule has 0 fully saturated rings. The van der Waals surface area contributed by atoms with E-state index in [1.165, 1.54) is 5.56 Å². The molecule has 0 heterocycles. The van der Waals surface area contributed by atoms with Crippen LogP contribution >= 0.6 is 0 Å². The SMILES string of the molecule is C/C=C\CC(=O)CCCCc1ccccc1. The Hall–Kier alpha value is -1.37. The number of carbonyl (C=O) groups excluding carboxylic acids is 1. The maximum atomic E-state index is 11.4. The Balaban J connectivity index is 2.10. The lowest BCUT2D eigenvalue weighted by Gasteiger charge is -2.00. The van der Waals surface area contributed by atoms with Crippen LogP contribution in [0.2, 0.25) is 0 Å². The Kier molecular flexibility index (Phi) is 6.24. The van der Waals surface area contributed by atoms with Gasteiger partial charge in [0.2, 0.25) is 0 Å². The second kappa shape index (κ2) is 7.86. The third kappa shape index (κ3) is 5.50. The van der Waals surface area contributed by atoms with Crippen LogP contribution in [0.25, 0.3) is 0 Å². The summed E-state index contributed by atoms with van der Waals surface area (Å²) in [5.74, 6) is 0.353. The standard InChI is InChI=1S/C15H20O/c1-2-3-12-15(16)13-8-7-11-14-9-5-4-6-10-14/h2-6,9-10H,7-8,11-13H2,1H3/b3-2-. The summed E-state index contributed by atoms with van der Waals surface area (Å²) < 4.78 is 0. The molecule has 0 aromatic heterocycles. The van der Waals surface area contributed by atoms with Crippen molar-refractivity contribution in [2.75, 3.05) is 0 Å². The molecule has 0 saturated carbocycles. The molecule has 1 aromatic carbocycles. The zero-order valence-corrected chi connectivity index (χ0v) is 9.99. The van der Waals surface area contributed by atoms with Gasteiger partial charge < -0.3 is 0 Å². The second-order valence-corrected chi connectivity index (χ2v) is 4.00. The Labute approximate surface area is 98.2 Å². The van der Waals surface area contributed by atoms with E-state index in [0.29, 0.717) is 12.2 Å². The normalized spacial score (nSPS) is 10.8. The van der Waals surface area contributed by atoms with Crippen LogP contribution < -0.4 is 0 Å². The Morgan fingerprint density at radius 3 is 2.62 bits per heavy atom. The summed E-state index contributed by atoms with van der Waals surface area (Å²) in [7, 11) is 0. The number of carbonyl (C=O) groups is 1. The summed E-state index contributed by atoms with van der Waals surface area (Å²) in [4.78, 5) is 11.4. The molecule has 0 bridgehead atoms. The van der Waals surface area contributed by atoms with Gasteiger partial charge in [-0.2, -0.15) is 0 Å². The van der Waals surface area contributed by atoms with Gasteiger partial charge in [-0.3, -0.25) is 4.79 Å². The molecule has 16 heavy (non-hydrogen) atoms. The molecular formula is C15H20O. The van der Waals surface area contributed by atoms with Crippen LogP contribution in [0.4, 0.5) is 0 Å². The van der Waals surface area contributed by atoms with Crippen molar-refractivity contribution in [3.8, 4) is 0 Å². The molecule has 0 radical (unpaired) electrons. The minimum absolute atomic E-state index is 0.353. The highest BCUT2D eigenvalue weighted by Gasteiger charge is 1.99. The number of allylic oxidation sites excluding steroid dienone is 2. The largest absolute Gasteiger partial charge is 0.299 e. The van der Waals surface area contributed by atoms with Crippen molar-refractivity contribution in [1.82, 2.24) is 0 Å². The van der Waals surface area contributed by atoms with Gasteiger partial charge in [-0.1, -0.05) is 42.5 Å². The van der Waals surface area contributed by atoms with Gasteiger partial charge in [-0.05, 0) is 31.7 Å². The van der Waals surface area contributed by atoms with Crippen molar-refractivity contribution in [3.63, 3.8) is 0 Å². The molecule has 0 unspecified atom stereocenters. The number of hydrogen-bond donors (Lipinski definition) is 0. The number of benzene rings is 1. The van der Waals surface area contributed by atoms with E-state index in [0.717, 1.165) is 25.7 Å². The summed E-state index contributed by atoms with van der Waals surface area (Å²) >= 11 is 0. The number of aryl methyl sites for hydroxylation is 1. The molecule has 1 nitrogen and oxygen atoms in total. The molecule has 0 aliphatic carbocycles. The van der Waals surface area contributed by atoms with E-state index in [4.69, 9.17) is 0 Å². The maximum absolute atomic E-state index is 11.4. The van der Waals surface area contributed by atoms with Gasteiger partial charge in [-0.15, -0.1) is 0 Å². The number of Topliss-reactive ketones (excluding diaryl/α,β-unsaturated/α-hetero) is 1. The molecule has 0 atom stereocenters. The van der Waals surface area contributed by atoms with Gasteiger partial charge in [0.15, 0.2) is 0 Å². The van der Waals surface area contributed by atoms with Crippen LogP contribution in [0, 0.1) is 0 Å². The van der Waals surface area contributed by atoms with Crippen LogP contribution in [0.3, 0.4) is 0 Å². The monoisotopic (exact) mass is 216 g/mol. The maximum Gasteiger partial charge on any atom is 0.136 e. The molecule has 0 aliphatic heterocycles. The summed E-state index contributed by atoms with van der Waals surface area (Å²) in [6.07, 6.45) is 8.37. The zero-order valence-electron chi connectivity index (χ0n) is 9.99. The quantitative estimate of drug-likeness (QED) is 0.498. The first-order valence-electron chi connectivity index (χ1n) is 5.99. The van der Waals surface area contributed by atoms with E-state index in [2.05, 4.69) is 24.3 Å². The number of hydrogen-bond acceptors (Lipinski definition) is 1. The summed E-state index contributed by atoms with van der Waals surface area (Å²) in [6, 6.07) is 10.4. The van der Waals surface area contributed by atoms with E-state index in [1.807, 2.05) is 25.1 Å². The van der Waals surface area contributed by atoms with Gasteiger partial charge in [-0.25, -0.2) is 0 Å². The fourth-order valence-electron chi connectivity index (χ4n) is 1.65. The molecular weight excluding hydrogens is 196 g/mol. The molecule has 86 valence electrons. The van der Waals surface area contributed by atoms with Gasteiger partial charge in [0.25, 0.3) is 0 Å². The molecule has 0 aliphatic rings. The predicted octanol–water partition coefficient (Wildman–Crippen LogP) is 3.93. The minimum atomic E-state index is 0.353. The first kappa shape index (κ1) is 12.7. The average molecular weight is 216 g/mol. The molecule has 0 N–H and O–H groups in total. The molecule has 0 saturated heterocycles. The highest BCUT2D eigenvalue weighted by Crippen LogP contribution is 2.07. The van der Waals surface area contributed by atoms with Crippen LogP contribution in [0.1, 0.15) is 38.2 Å². The topological polar surface area (TPSA) is 17.1 Å². The first-order chi connectivity index (χ1) is 7.83. The van der Waals surface area contributed by atoms with Gasteiger partial charge in [0.05, 0.1) is 0 Å². The molecule has 1 aromatic rings. The minimum Gasteiger partial charge on any atom is -0.299 e. The second-order valence-electron chi connectivity index (χ2n) is 4.00. The molecule has 1 heteroatoms. The van der Waals surface area contributed by atoms with Crippen molar-refractivity contribution in [3.05, 3.63) is 48.0 Å². The third-order valence-corrected chi connectivity index (χ3v) is 2.60. The van der Waals surface area contributed by atoms with Crippen molar-refractivity contribution in [2.24, 2.45) is 0 Å². The van der Waals surface area contributed by atoms with Gasteiger partial charge in [0, 0.05) is 12.8 Å². The number of rotatable bonds is 7. The number of unbranched alkanes of at least 4 members (excludes halogenated alkanes) is 1. The third-order valence-electron chi connectivity index (χ3n) is 2.60.